The molecular weight excluding hydrogens is 328 g/mol. The third kappa shape index (κ3) is 2.76. The van der Waals surface area contributed by atoms with Gasteiger partial charge in [-0.25, -0.2) is 0 Å². The number of halogens is 1. The molecule has 2 rings (SSSR count). The number of carbonyl (C=O) groups is 1. The molecule has 0 saturated heterocycles. The van der Waals surface area contributed by atoms with E-state index in [9.17, 15) is 4.79 Å². The number of aryl methyl sites for hydroxylation is 3. The number of Topliss-reactive ketones (excluding diaryl/α,β-unsaturated/α-hetero) is 1. The molecule has 0 unspecified atom stereocenters. The molecule has 7 heteroatoms. The zero-order chi connectivity index (χ0) is 14.0. The first-order valence-electron chi connectivity index (χ1n) is 6.14. The van der Waals surface area contributed by atoms with E-state index in [4.69, 9.17) is 0 Å². The summed E-state index contributed by atoms with van der Waals surface area (Å²) in [7, 11) is 0. The number of hydrogen-bond donors (Lipinski definition) is 0. The van der Waals surface area contributed by atoms with Gasteiger partial charge < -0.3 is 0 Å². The second kappa shape index (κ2) is 5.92. The van der Waals surface area contributed by atoms with Crippen molar-refractivity contribution in [2.24, 2.45) is 0 Å². The lowest BCUT2D eigenvalue weighted by Crippen LogP contribution is -2.10. The maximum atomic E-state index is 12.4. The minimum atomic E-state index is 0.0575. The minimum absolute atomic E-state index is 0.0575. The minimum Gasteiger partial charge on any atom is -0.293 e. The average Bonchev–Trinajstić information content (AvgIpc) is 2.98. The summed E-state index contributed by atoms with van der Waals surface area (Å²) in [6.45, 7) is 6.66. The Labute approximate surface area is 124 Å². The van der Waals surface area contributed by atoms with Gasteiger partial charge in [-0.15, -0.1) is 5.10 Å². The fourth-order valence-electron chi connectivity index (χ4n) is 1.92. The Hall–Kier alpha value is -1.08. The lowest BCUT2D eigenvalue weighted by molar-refractivity contribution is 0.0993. The molecule has 2 heterocycles. The van der Waals surface area contributed by atoms with Gasteiger partial charge in [-0.2, -0.15) is 5.10 Å². The van der Waals surface area contributed by atoms with Gasteiger partial charge in [0.1, 0.15) is 4.88 Å². The van der Waals surface area contributed by atoms with E-state index in [1.165, 1.54) is 11.5 Å². The van der Waals surface area contributed by atoms with E-state index in [1.807, 2.05) is 25.5 Å². The monoisotopic (exact) mass is 342 g/mol. The maximum absolute atomic E-state index is 12.4. The highest BCUT2D eigenvalue weighted by Crippen LogP contribution is 2.23. The highest BCUT2D eigenvalue weighted by molar-refractivity contribution is 9.10. The predicted molar refractivity (Wildman–Crippen MR) is 77.7 cm³/mol. The molecule has 0 aromatic carbocycles. The molecule has 0 aliphatic rings. The van der Waals surface area contributed by atoms with Gasteiger partial charge in [0.05, 0.1) is 28.0 Å². The summed E-state index contributed by atoms with van der Waals surface area (Å²) in [5.41, 5.74) is 2.61. The number of ketones is 1. The third-order valence-corrected chi connectivity index (χ3v) is 4.77. The van der Waals surface area contributed by atoms with Crippen LogP contribution in [0.4, 0.5) is 0 Å². The van der Waals surface area contributed by atoms with Crippen molar-refractivity contribution < 1.29 is 4.79 Å². The number of carbonyl (C=O) groups excluding carboxylic acids is 1. The quantitative estimate of drug-likeness (QED) is 0.784. The fraction of sp³-hybridized carbons (Fsp3) is 0.500. The van der Waals surface area contributed by atoms with Crippen molar-refractivity contribution in [2.45, 2.75) is 40.2 Å². The van der Waals surface area contributed by atoms with Gasteiger partial charge in [-0.3, -0.25) is 9.48 Å². The van der Waals surface area contributed by atoms with Crippen LogP contribution >= 0.6 is 27.5 Å². The van der Waals surface area contributed by atoms with Crippen molar-refractivity contribution in [2.75, 3.05) is 0 Å². The molecule has 19 heavy (non-hydrogen) atoms. The van der Waals surface area contributed by atoms with Crippen LogP contribution in [-0.2, 0) is 19.4 Å². The van der Waals surface area contributed by atoms with Crippen molar-refractivity contribution in [3.05, 3.63) is 26.4 Å². The summed E-state index contributed by atoms with van der Waals surface area (Å²) >= 11 is 4.68. The normalized spacial score (nSPS) is 10.9. The zero-order valence-corrected chi connectivity index (χ0v) is 13.5. The molecule has 0 atom stereocenters. The number of rotatable bonds is 5. The van der Waals surface area contributed by atoms with Gasteiger partial charge in [0.25, 0.3) is 0 Å². The van der Waals surface area contributed by atoms with Crippen molar-refractivity contribution in [3.8, 4) is 0 Å². The van der Waals surface area contributed by atoms with Crippen LogP contribution in [0.3, 0.4) is 0 Å². The standard InChI is InChI=1S/C12H15BrN4OS/c1-4-8-12(19-16-14-8)10(18)6-9-11(13)7(3)15-17(9)5-2/h4-6H2,1-3H3. The summed E-state index contributed by atoms with van der Waals surface area (Å²) in [5.74, 6) is 0.0575. The van der Waals surface area contributed by atoms with Crippen LogP contribution in [0.5, 0.6) is 0 Å². The molecule has 0 saturated carbocycles. The first-order chi connectivity index (χ1) is 9.08. The topological polar surface area (TPSA) is 60.7 Å². The van der Waals surface area contributed by atoms with Gasteiger partial charge >= 0.3 is 0 Å². The van der Waals surface area contributed by atoms with E-state index in [1.54, 1.807) is 0 Å². The summed E-state index contributed by atoms with van der Waals surface area (Å²) < 4.78 is 6.64. The van der Waals surface area contributed by atoms with E-state index in [2.05, 4.69) is 30.6 Å². The molecule has 0 spiro atoms. The van der Waals surface area contributed by atoms with E-state index < -0.39 is 0 Å². The van der Waals surface area contributed by atoms with Crippen LogP contribution in [0, 0.1) is 6.92 Å². The van der Waals surface area contributed by atoms with Crippen LogP contribution in [0.25, 0.3) is 0 Å². The van der Waals surface area contributed by atoms with E-state index in [0.717, 1.165) is 34.5 Å². The molecule has 5 nitrogen and oxygen atoms in total. The number of hydrogen-bond acceptors (Lipinski definition) is 5. The van der Waals surface area contributed by atoms with Crippen LogP contribution in [0.2, 0.25) is 0 Å². The molecular formula is C12H15BrN4OS. The Morgan fingerprint density at radius 2 is 2.16 bits per heavy atom. The van der Waals surface area contributed by atoms with Crippen molar-refractivity contribution in [1.82, 2.24) is 19.4 Å². The molecule has 2 aromatic rings. The van der Waals surface area contributed by atoms with E-state index in [-0.39, 0.29) is 5.78 Å². The van der Waals surface area contributed by atoms with Crippen molar-refractivity contribution >= 4 is 33.2 Å². The molecule has 0 N–H and O–H groups in total. The first kappa shape index (κ1) is 14.3. The predicted octanol–water partition coefficient (Wildman–Crippen LogP) is 2.81. The highest BCUT2D eigenvalue weighted by Gasteiger charge is 2.20. The second-order valence-corrected chi connectivity index (χ2v) is 5.71. The average molecular weight is 343 g/mol. The molecule has 0 aliphatic heterocycles. The van der Waals surface area contributed by atoms with Crippen LogP contribution < -0.4 is 0 Å². The molecule has 0 amide bonds. The summed E-state index contributed by atoms with van der Waals surface area (Å²) in [5, 5.41) is 8.38. The van der Waals surface area contributed by atoms with Gasteiger partial charge in [0.2, 0.25) is 0 Å². The molecule has 0 aliphatic carbocycles. The highest BCUT2D eigenvalue weighted by atomic mass is 79.9. The van der Waals surface area contributed by atoms with E-state index in [0.29, 0.717) is 11.3 Å². The fourth-order valence-corrected chi connectivity index (χ4v) is 3.03. The Kier molecular flexibility index (Phi) is 4.46. The van der Waals surface area contributed by atoms with Crippen LogP contribution in [0.15, 0.2) is 4.47 Å². The summed E-state index contributed by atoms with van der Waals surface area (Å²) in [4.78, 5) is 13.0. The molecule has 2 aromatic heterocycles. The lowest BCUT2D eigenvalue weighted by atomic mass is 10.1. The Morgan fingerprint density at radius 3 is 2.79 bits per heavy atom. The Bertz CT molecular complexity index is 605. The molecule has 0 fully saturated rings. The molecule has 0 radical (unpaired) electrons. The maximum Gasteiger partial charge on any atom is 0.182 e. The van der Waals surface area contributed by atoms with Gasteiger partial charge in [-0.05, 0) is 47.7 Å². The summed E-state index contributed by atoms with van der Waals surface area (Å²) in [6.07, 6.45) is 1.05. The third-order valence-electron chi connectivity index (χ3n) is 2.92. The number of nitrogens with zero attached hydrogens (tertiary/aromatic N) is 4. The first-order valence-corrected chi connectivity index (χ1v) is 7.71. The largest absolute Gasteiger partial charge is 0.293 e. The van der Waals surface area contributed by atoms with Crippen molar-refractivity contribution in [1.29, 1.82) is 0 Å². The van der Waals surface area contributed by atoms with Gasteiger partial charge in [-0.1, -0.05) is 11.4 Å². The second-order valence-electron chi connectivity index (χ2n) is 4.16. The molecule has 0 bridgehead atoms. The van der Waals surface area contributed by atoms with Gasteiger partial charge in [0.15, 0.2) is 5.78 Å². The van der Waals surface area contributed by atoms with Crippen LogP contribution in [-0.4, -0.2) is 25.2 Å². The Morgan fingerprint density at radius 1 is 1.42 bits per heavy atom. The van der Waals surface area contributed by atoms with E-state index >= 15 is 0 Å². The Balaban J connectivity index is 2.29. The molecule has 102 valence electrons. The SMILES string of the molecule is CCc1nnsc1C(=O)Cc1c(Br)c(C)nn1CC. The number of aromatic nitrogens is 4. The van der Waals surface area contributed by atoms with Crippen LogP contribution in [0.1, 0.15) is 40.6 Å². The van der Waals surface area contributed by atoms with Crippen molar-refractivity contribution in [3.63, 3.8) is 0 Å². The smallest absolute Gasteiger partial charge is 0.182 e. The lowest BCUT2D eigenvalue weighted by Gasteiger charge is -2.04. The van der Waals surface area contributed by atoms with Gasteiger partial charge in [0, 0.05) is 6.54 Å². The summed E-state index contributed by atoms with van der Waals surface area (Å²) in [6, 6.07) is 0. The zero-order valence-electron chi connectivity index (χ0n) is 11.1.